The van der Waals surface area contributed by atoms with Crippen LogP contribution >= 0.6 is 0 Å². The van der Waals surface area contributed by atoms with Gasteiger partial charge in [-0.1, -0.05) is 0 Å². The van der Waals surface area contributed by atoms with Crippen molar-refractivity contribution in [2.75, 3.05) is 12.3 Å². The Morgan fingerprint density at radius 1 is 1.45 bits per heavy atom. The van der Waals surface area contributed by atoms with Crippen molar-refractivity contribution in [3.8, 4) is 5.82 Å². The van der Waals surface area contributed by atoms with Crippen molar-refractivity contribution in [2.24, 2.45) is 0 Å². The quantitative estimate of drug-likeness (QED) is 0.801. The van der Waals surface area contributed by atoms with Crippen LogP contribution in [0.4, 0.5) is 5.69 Å². The van der Waals surface area contributed by atoms with E-state index in [-0.39, 0.29) is 29.4 Å². The maximum absolute atomic E-state index is 12.1. The minimum atomic E-state index is -0.629. The summed E-state index contributed by atoms with van der Waals surface area (Å²) in [5, 5.41) is 3.98. The van der Waals surface area contributed by atoms with Crippen molar-refractivity contribution >= 4 is 11.7 Å². The standard InChI is InChI=1S/C12H15N5O3/c1-3-16-6-5-14-10(11(16)18)17-7-8(13)9(15-17)12(19)20-4-2/h5-7H,3-4,13H2,1-2H3. The number of nitrogens with two attached hydrogens (primary N) is 1. The molecule has 2 aromatic heterocycles. The normalized spacial score (nSPS) is 10.5. The van der Waals surface area contributed by atoms with Crippen LogP contribution in [0.15, 0.2) is 23.4 Å². The fourth-order valence-corrected chi connectivity index (χ4v) is 1.70. The zero-order valence-corrected chi connectivity index (χ0v) is 11.2. The van der Waals surface area contributed by atoms with Crippen LogP contribution in [-0.4, -0.2) is 31.9 Å². The molecule has 0 radical (unpaired) electrons. The molecule has 0 unspecified atom stereocenters. The maximum Gasteiger partial charge on any atom is 0.361 e. The van der Waals surface area contributed by atoms with Crippen LogP contribution in [0.5, 0.6) is 0 Å². The molecule has 20 heavy (non-hydrogen) atoms. The van der Waals surface area contributed by atoms with Crippen molar-refractivity contribution in [3.05, 3.63) is 34.6 Å². The first-order chi connectivity index (χ1) is 9.58. The van der Waals surface area contributed by atoms with E-state index >= 15 is 0 Å². The largest absolute Gasteiger partial charge is 0.461 e. The van der Waals surface area contributed by atoms with Crippen LogP contribution in [0.25, 0.3) is 5.82 Å². The summed E-state index contributed by atoms with van der Waals surface area (Å²) < 4.78 is 7.50. The second-order valence-corrected chi connectivity index (χ2v) is 3.94. The zero-order chi connectivity index (χ0) is 14.7. The minimum absolute atomic E-state index is 0.0278. The highest BCUT2D eigenvalue weighted by atomic mass is 16.5. The number of nitrogen functional groups attached to an aromatic ring is 1. The molecule has 2 N–H and O–H groups in total. The third kappa shape index (κ3) is 2.40. The molecule has 0 aliphatic carbocycles. The number of ether oxygens (including phenoxy) is 1. The van der Waals surface area contributed by atoms with Crippen LogP contribution < -0.4 is 11.3 Å². The number of aryl methyl sites for hydroxylation is 1. The molecule has 106 valence electrons. The van der Waals surface area contributed by atoms with Crippen molar-refractivity contribution in [3.63, 3.8) is 0 Å². The molecule has 0 bridgehead atoms. The van der Waals surface area contributed by atoms with Gasteiger partial charge < -0.3 is 15.0 Å². The molecule has 0 atom stereocenters. The lowest BCUT2D eigenvalue weighted by Crippen LogP contribution is -2.25. The maximum atomic E-state index is 12.1. The number of hydrogen-bond donors (Lipinski definition) is 1. The Morgan fingerprint density at radius 2 is 2.20 bits per heavy atom. The Morgan fingerprint density at radius 3 is 2.85 bits per heavy atom. The van der Waals surface area contributed by atoms with Gasteiger partial charge in [0.1, 0.15) is 0 Å². The monoisotopic (exact) mass is 277 g/mol. The van der Waals surface area contributed by atoms with E-state index in [9.17, 15) is 9.59 Å². The Bertz CT molecular complexity index is 689. The van der Waals surface area contributed by atoms with Crippen LogP contribution in [-0.2, 0) is 11.3 Å². The van der Waals surface area contributed by atoms with Gasteiger partial charge in [-0.05, 0) is 13.8 Å². The molecule has 8 heteroatoms. The molecule has 2 rings (SSSR count). The second-order valence-electron chi connectivity index (χ2n) is 3.94. The van der Waals surface area contributed by atoms with Crippen LogP contribution in [0.1, 0.15) is 24.3 Å². The van der Waals surface area contributed by atoms with Crippen molar-refractivity contribution in [1.29, 1.82) is 0 Å². The summed E-state index contributed by atoms with van der Waals surface area (Å²) in [5.74, 6) is -0.549. The van der Waals surface area contributed by atoms with Gasteiger partial charge in [-0.15, -0.1) is 0 Å². The first kappa shape index (κ1) is 13.8. The molecule has 2 heterocycles. The lowest BCUT2D eigenvalue weighted by molar-refractivity contribution is 0.0520. The summed E-state index contributed by atoms with van der Waals surface area (Å²) >= 11 is 0. The Kier molecular flexibility index (Phi) is 3.83. The number of carbonyl (C=O) groups excluding carboxylic acids is 1. The van der Waals surface area contributed by atoms with Crippen LogP contribution in [0.3, 0.4) is 0 Å². The molecular weight excluding hydrogens is 262 g/mol. The number of anilines is 1. The molecule has 8 nitrogen and oxygen atoms in total. The molecule has 0 aliphatic heterocycles. The van der Waals surface area contributed by atoms with E-state index in [2.05, 4.69) is 10.1 Å². The molecular formula is C12H15N5O3. The Balaban J connectivity index is 2.48. The van der Waals surface area contributed by atoms with Crippen molar-refractivity contribution < 1.29 is 9.53 Å². The fourth-order valence-electron chi connectivity index (χ4n) is 1.70. The topological polar surface area (TPSA) is 105 Å². The summed E-state index contributed by atoms with van der Waals surface area (Å²) in [4.78, 5) is 27.7. The van der Waals surface area contributed by atoms with Gasteiger partial charge in [-0.3, -0.25) is 4.79 Å². The molecule has 0 aliphatic rings. The lowest BCUT2D eigenvalue weighted by atomic mass is 10.4. The smallest absolute Gasteiger partial charge is 0.361 e. The highest BCUT2D eigenvalue weighted by molar-refractivity contribution is 5.92. The van der Waals surface area contributed by atoms with Crippen molar-refractivity contribution in [2.45, 2.75) is 20.4 Å². The third-order valence-electron chi connectivity index (χ3n) is 2.66. The van der Waals surface area contributed by atoms with E-state index in [1.807, 2.05) is 6.92 Å². The van der Waals surface area contributed by atoms with Crippen LogP contribution in [0, 0.1) is 0 Å². The summed E-state index contributed by atoms with van der Waals surface area (Å²) in [6.45, 7) is 4.25. The second kappa shape index (κ2) is 5.55. The molecule has 0 aromatic carbocycles. The summed E-state index contributed by atoms with van der Waals surface area (Å²) in [6, 6.07) is 0. The average Bonchev–Trinajstić information content (AvgIpc) is 2.81. The van der Waals surface area contributed by atoms with E-state index in [1.54, 1.807) is 13.1 Å². The zero-order valence-electron chi connectivity index (χ0n) is 11.2. The lowest BCUT2D eigenvalue weighted by Gasteiger charge is -2.03. The van der Waals surface area contributed by atoms with E-state index in [1.165, 1.54) is 21.6 Å². The number of aromatic nitrogens is 4. The van der Waals surface area contributed by atoms with Gasteiger partial charge in [-0.2, -0.15) is 5.10 Å². The molecule has 0 saturated carbocycles. The number of rotatable bonds is 4. The van der Waals surface area contributed by atoms with E-state index in [0.717, 1.165) is 0 Å². The van der Waals surface area contributed by atoms with Gasteiger partial charge in [0.25, 0.3) is 5.56 Å². The summed E-state index contributed by atoms with van der Waals surface area (Å²) in [6.07, 6.45) is 4.43. The minimum Gasteiger partial charge on any atom is -0.461 e. The molecule has 0 spiro atoms. The van der Waals surface area contributed by atoms with Gasteiger partial charge in [0.05, 0.1) is 18.5 Å². The number of carbonyl (C=O) groups is 1. The third-order valence-corrected chi connectivity index (χ3v) is 2.66. The summed E-state index contributed by atoms with van der Waals surface area (Å²) in [5.41, 5.74) is 5.51. The molecule has 0 fully saturated rings. The van der Waals surface area contributed by atoms with E-state index in [0.29, 0.717) is 6.54 Å². The first-order valence-corrected chi connectivity index (χ1v) is 6.16. The highest BCUT2D eigenvalue weighted by Gasteiger charge is 2.18. The Hall–Kier alpha value is -2.64. The van der Waals surface area contributed by atoms with Crippen LogP contribution in [0.2, 0.25) is 0 Å². The van der Waals surface area contributed by atoms with Gasteiger partial charge >= 0.3 is 5.97 Å². The first-order valence-electron chi connectivity index (χ1n) is 6.16. The van der Waals surface area contributed by atoms with Crippen molar-refractivity contribution in [1.82, 2.24) is 19.3 Å². The number of esters is 1. The van der Waals surface area contributed by atoms with E-state index < -0.39 is 5.97 Å². The Labute approximate surface area is 114 Å². The predicted molar refractivity (Wildman–Crippen MR) is 71.7 cm³/mol. The fraction of sp³-hybridized carbons (Fsp3) is 0.333. The molecule has 0 amide bonds. The van der Waals surface area contributed by atoms with Gasteiger partial charge in [-0.25, -0.2) is 14.5 Å². The van der Waals surface area contributed by atoms with E-state index in [4.69, 9.17) is 10.5 Å². The van der Waals surface area contributed by atoms with Gasteiger partial charge in [0, 0.05) is 18.9 Å². The predicted octanol–water partition coefficient (Wildman–Crippen LogP) is 0.208. The number of hydrogen-bond acceptors (Lipinski definition) is 6. The molecule has 0 saturated heterocycles. The average molecular weight is 277 g/mol. The number of nitrogens with zero attached hydrogens (tertiary/aromatic N) is 4. The SMILES string of the molecule is CCOC(=O)c1nn(-c2nccn(CC)c2=O)cc1N. The van der Waals surface area contributed by atoms with Gasteiger partial charge in [0.15, 0.2) is 5.69 Å². The summed E-state index contributed by atoms with van der Waals surface area (Å²) in [7, 11) is 0. The molecule has 2 aromatic rings. The van der Waals surface area contributed by atoms with Gasteiger partial charge in [0.2, 0.25) is 5.82 Å². The highest BCUT2D eigenvalue weighted by Crippen LogP contribution is 2.12.